The molecule has 0 aliphatic carbocycles. The Kier molecular flexibility index (Phi) is 3.99. The highest BCUT2D eigenvalue weighted by Gasteiger charge is 2.27. The molecule has 2 heterocycles. The summed E-state index contributed by atoms with van der Waals surface area (Å²) in [7, 11) is -3.57. The molecule has 0 aromatic heterocycles. The molecule has 1 saturated heterocycles. The molecule has 2 aliphatic heterocycles. The van der Waals surface area contributed by atoms with Gasteiger partial charge in [-0.15, -0.1) is 0 Å². The fourth-order valence-electron chi connectivity index (χ4n) is 2.84. The maximum Gasteiger partial charge on any atom is 0.266 e. The summed E-state index contributed by atoms with van der Waals surface area (Å²) in [5, 5.41) is 3.06. The lowest BCUT2D eigenvalue weighted by molar-refractivity contribution is 0.576. The minimum absolute atomic E-state index is 0.0133. The van der Waals surface area contributed by atoms with E-state index in [1.807, 2.05) is 26.0 Å². The molecule has 2 N–H and O–H groups in total. The number of hydrogen-bond acceptors (Lipinski definition) is 4. The van der Waals surface area contributed by atoms with Gasteiger partial charge in [-0.05, 0) is 51.3 Å². The van der Waals surface area contributed by atoms with E-state index in [1.54, 1.807) is 6.07 Å². The van der Waals surface area contributed by atoms with E-state index >= 15 is 0 Å². The third-order valence-corrected chi connectivity index (χ3v) is 5.23. The van der Waals surface area contributed by atoms with Crippen molar-refractivity contribution in [1.29, 1.82) is 0 Å². The van der Waals surface area contributed by atoms with Crippen LogP contribution in [0.15, 0.2) is 28.1 Å². The van der Waals surface area contributed by atoms with Gasteiger partial charge in [-0.25, -0.2) is 18.1 Å². The lowest BCUT2D eigenvalue weighted by atomic mass is 10.1. The molecule has 2 aliphatic rings. The number of fused-ring (bicyclic) bond motifs is 1. The smallest absolute Gasteiger partial charge is 0.266 e. The second-order valence-electron chi connectivity index (χ2n) is 6.03. The molecule has 0 unspecified atom stereocenters. The normalized spacial score (nSPS) is 22.1. The number of sulfonamides is 1. The number of piperidine rings is 1. The predicted octanol–water partition coefficient (Wildman–Crippen LogP) is 2.15. The molecule has 3 rings (SSSR count). The quantitative estimate of drug-likeness (QED) is 0.875. The van der Waals surface area contributed by atoms with Crippen molar-refractivity contribution in [2.45, 2.75) is 44.0 Å². The zero-order valence-electron chi connectivity index (χ0n) is 13.0. The Balaban J connectivity index is 1.95. The zero-order valence-corrected chi connectivity index (χ0v) is 13.8. The summed E-state index contributed by atoms with van der Waals surface area (Å²) >= 11 is 0. The molecule has 0 spiro atoms. The van der Waals surface area contributed by atoms with E-state index in [-0.39, 0.29) is 12.0 Å². The third-order valence-electron chi connectivity index (χ3n) is 3.85. The number of rotatable bonds is 2. The number of nitrogens with zero attached hydrogens (tertiary/aromatic N) is 2. The van der Waals surface area contributed by atoms with Gasteiger partial charge in [0.05, 0.1) is 5.69 Å². The van der Waals surface area contributed by atoms with Gasteiger partial charge in [0, 0.05) is 24.8 Å². The second kappa shape index (κ2) is 5.79. The Morgan fingerprint density at radius 3 is 2.59 bits per heavy atom. The van der Waals surface area contributed by atoms with Crippen LogP contribution in [0, 0.1) is 0 Å². The van der Waals surface area contributed by atoms with E-state index in [2.05, 4.69) is 19.9 Å². The van der Waals surface area contributed by atoms with Gasteiger partial charge in [-0.3, -0.25) is 0 Å². The highest BCUT2D eigenvalue weighted by molar-refractivity contribution is 7.90. The van der Waals surface area contributed by atoms with Crippen molar-refractivity contribution in [2.24, 2.45) is 4.99 Å². The first-order chi connectivity index (χ1) is 10.5. The van der Waals surface area contributed by atoms with Crippen LogP contribution < -0.4 is 14.9 Å². The number of nitrogens with one attached hydrogen (secondary N) is 2. The maximum absolute atomic E-state index is 12.4. The van der Waals surface area contributed by atoms with Gasteiger partial charge in [0.15, 0.2) is 0 Å². The van der Waals surface area contributed by atoms with Crippen molar-refractivity contribution in [3.63, 3.8) is 0 Å². The van der Waals surface area contributed by atoms with Gasteiger partial charge in [0.2, 0.25) is 5.96 Å². The number of guanidine groups is 1. The van der Waals surface area contributed by atoms with Crippen LogP contribution in [0.5, 0.6) is 0 Å². The van der Waals surface area contributed by atoms with Crippen LogP contribution in [-0.2, 0) is 10.0 Å². The molecule has 0 atom stereocenters. The monoisotopic (exact) mass is 322 g/mol. The standard InChI is InChI=1S/C15H22N4O2S/c1-11(2)16-15-17-13-7-6-12(19-8-4-3-5-9-19)10-14(13)22(20,21)18-15/h6-7,10-11H,3-5,8-9H2,1-2H3,(H2,16,17,18). The van der Waals surface area contributed by atoms with Gasteiger partial charge >= 0.3 is 0 Å². The largest absolute Gasteiger partial charge is 0.371 e. The first-order valence-electron chi connectivity index (χ1n) is 7.72. The molecule has 0 radical (unpaired) electrons. The van der Waals surface area contributed by atoms with Crippen LogP contribution >= 0.6 is 0 Å². The molecule has 0 bridgehead atoms. The topological polar surface area (TPSA) is 73.8 Å². The zero-order chi connectivity index (χ0) is 15.7. The average molecular weight is 322 g/mol. The summed E-state index contributed by atoms with van der Waals surface area (Å²) in [5.41, 5.74) is 1.55. The number of anilines is 2. The Hall–Kier alpha value is -1.76. The van der Waals surface area contributed by atoms with E-state index in [4.69, 9.17) is 0 Å². The van der Waals surface area contributed by atoms with E-state index in [0.29, 0.717) is 10.6 Å². The fraction of sp³-hybridized carbons (Fsp3) is 0.533. The van der Waals surface area contributed by atoms with Gasteiger partial charge in [0.25, 0.3) is 10.0 Å². The van der Waals surface area contributed by atoms with Crippen molar-refractivity contribution >= 4 is 27.4 Å². The minimum atomic E-state index is -3.57. The third kappa shape index (κ3) is 3.04. The van der Waals surface area contributed by atoms with Crippen LogP contribution in [0.2, 0.25) is 0 Å². The van der Waals surface area contributed by atoms with Crippen LogP contribution in [0.1, 0.15) is 33.1 Å². The summed E-state index contributed by atoms with van der Waals surface area (Å²) in [4.78, 5) is 6.79. The summed E-state index contributed by atoms with van der Waals surface area (Å²) in [6, 6.07) is 5.57. The molecule has 6 nitrogen and oxygen atoms in total. The first kappa shape index (κ1) is 15.1. The van der Waals surface area contributed by atoms with Gasteiger partial charge in [-0.2, -0.15) is 0 Å². The van der Waals surface area contributed by atoms with Crippen LogP contribution in [0.4, 0.5) is 11.4 Å². The minimum Gasteiger partial charge on any atom is -0.371 e. The molecule has 1 aromatic carbocycles. The lowest BCUT2D eigenvalue weighted by Gasteiger charge is -2.30. The summed E-state index contributed by atoms with van der Waals surface area (Å²) in [6.45, 7) is 5.77. The number of benzene rings is 1. The highest BCUT2D eigenvalue weighted by atomic mass is 32.2. The van der Waals surface area contributed by atoms with E-state index < -0.39 is 10.0 Å². The molecule has 1 fully saturated rings. The van der Waals surface area contributed by atoms with Crippen LogP contribution in [0.25, 0.3) is 0 Å². The Bertz CT molecular complexity index is 691. The molecule has 0 saturated carbocycles. The second-order valence-corrected chi connectivity index (χ2v) is 7.68. The van der Waals surface area contributed by atoms with E-state index in [0.717, 1.165) is 31.6 Å². The molecule has 1 aromatic rings. The molecule has 7 heteroatoms. The Morgan fingerprint density at radius 1 is 1.18 bits per heavy atom. The SMILES string of the molecule is CC(C)N=C1Nc2ccc(N3CCCCC3)cc2S(=O)(=O)N1. The van der Waals surface area contributed by atoms with Crippen molar-refractivity contribution in [3.8, 4) is 0 Å². The molecular weight excluding hydrogens is 300 g/mol. The molecule has 22 heavy (non-hydrogen) atoms. The molecule has 0 amide bonds. The number of hydrogen-bond donors (Lipinski definition) is 2. The summed E-state index contributed by atoms with van der Waals surface area (Å²) < 4.78 is 27.4. The van der Waals surface area contributed by atoms with Gasteiger partial charge in [-0.1, -0.05) is 0 Å². The van der Waals surface area contributed by atoms with Gasteiger partial charge < -0.3 is 10.2 Å². The average Bonchev–Trinajstić information content (AvgIpc) is 2.46. The number of aliphatic imine (C=N–C) groups is 1. The first-order valence-corrected chi connectivity index (χ1v) is 9.21. The Labute approximate surface area is 131 Å². The van der Waals surface area contributed by atoms with E-state index in [9.17, 15) is 8.42 Å². The lowest BCUT2D eigenvalue weighted by Crippen LogP contribution is -2.41. The van der Waals surface area contributed by atoms with E-state index in [1.165, 1.54) is 6.42 Å². The van der Waals surface area contributed by atoms with Crippen LogP contribution in [0.3, 0.4) is 0 Å². The fourth-order valence-corrected chi connectivity index (χ4v) is 3.99. The summed E-state index contributed by atoms with van der Waals surface area (Å²) in [5.74, 6) is 0.285. The highest BCUT2D eigenvalue weighted by Crippen LogP contribution is 2.30. The van der Waals surface area contributed by atoms with Crippen molar-refractivity contribution in [3.05, 3.63) is 18.2 Å². The Morgan fingerprint density at radius 2 is 1.91 bits per heavy atom. The van der Waals surface area contributed by atoms with Gasteiger partial charge in [0.1, 0.15) is 4.90 Å². The predicted molar refractivity (Wildman–Crippen MR) is 89.0 cm³/mol. The maximum atomic E-state index is 12.4. The van der Waals surface area contributed by atoms with Crippen LogP contribution in [-0.4, -0.2) is 33.5 Å². The van der Waals surface area contributed by atoms with Crippen molar-refractivity contribution in [2.75, 3.05) is 23.3 Å². The molecular formula is C15H22N4O2S. The van der Waals surface area contributed by atoms with Crippen molar-refractivity contribution < 1.29 is 8.42 Å². The molecule has 120 valence electrons. The summed E-state index contributed by atoms with van der Waals surface area (Å²) in [6.07, 6.45) is 3.56. The van der Waals surface area contributed by atoms with Crippen molar-refractivity contribution in [1.82, 2.24) is 4.72 Å².